The standard InChI is InChI=1S/C20H16N2O4S/c1-13-6-9-15(10-7-13)27(24,25)22-14-8-11-18-16(12-14)20(23)21-17-4-2-3-5-19(17)26-18/h2-12,22H,1H3,(H,21,23). The lowest BCUT2D eigenvalue weighted by molar-refractivity contribution is 0.102. The number of ether oxygens (including phenoxy) is 1. The average molecular weight is 380 g/mol. The van der Waals surface area contributed by atoms with Crippen LogP contribution in [0.2, 0.25) is 0 Å². The van der Waals surface area contributed by atoms with Gasteiger partial charge in [-0.3, -0.25) is 9.52 Å². The molecule has 0 fully saturated rings. The Balaban J connectivity index is 1.66. The van der Waals surface area contributed by atoms with Crippen molar-refractivity contribution in [3.05, 3.63) is 77.9 Å². The molecule has 0 unspecified atom stereocenters. The fourth-order valence-electron chi connectivity index (χ4n) is 2.76. The van der Waals surface area contributed by atoms with Gasteiger partial charge < -0.3 is 10.1 Å². The molecule has 1 aliphatic heterocycles. The number of anilines is 2. The molecule has 27 heavy (non-hydrogen) atoms. The first-order valence-corrected chi connectivity index (χ1v) is 9.72. The van der Waals surface area contributed by atoms with Gasteiger partial charge in [0.25, 0.3) is 15.9 Å². The number of fused-ring (bicyclic) bond motifs is 2. The van der Waals surface area contributed by atoms with E-state index in [4.69, 9.17) is 4.74 Å². The third-order valence-electron chi connectivity index (χ3n) is 4.16. The van der Waals surface area contributed by atoms with Crippen LogP contribution in [0.15, 0.2) is 71.6 Å². The maximum atomic E-state index is 12.6. The summed E-state index contributed by atoms with van der Waals surface area (Å²) < 4.78 is 33.4. The predicted octanol–water partition coefficient (Wildman–Crippen LogP) is 4.15. The Morgan fingerprint density at radius 2 is 1.67 bits per heavy atom. The Morgan fingerprint density at radius 1 is 0.926 bits per heavy atom. The monoisotopic (exact) mass is 380 g/mol. The van der Waals surface area contributed by atoms with Crippen LogP contribution in [0.25, 0.3) is 0 Å². The summed E-state index contributed by atoms with van der Waals surface area (Å²) in [6.07, 6.45) is 0. The molecule has 6 nitrogen and oxygen atoms in total. The molecule has 0 aromatic heterocycles. The van der Waals surface area contributed by atoms with Gasteiger partial charge in [0.05, 0.1) is 16.1 Å². The van der Waals surface area contributed by atoms with E-state index >= 15 is 0 Å². The molecule has 1 aliphatic rings. The molecule has 2 N–H and O–H groups in total. The molecule has 7 heteroatoms. The number of carbonyl (C=O) groups is 1. The highest BCUT2D eigenvalue weighted by molar-refractivity contribution is 7.92. The van der Waals surface area contributed by atoms with Crippen molar-refractivity contribution in [2.75, 3.05) is 10.0 Å². The number of para-hydroxylation sites is 2. The van der Waals surface area contributed by atoms with E-state index in [9.17, 15) is 13.2 Å². The lowest BCUT2D eigenvalue weighted by atomic mass is 10.1. The highest BCUT2D eigenvalue weighted by atomic mass is 32.2. The molecule has 1 amide bonds. The summed E-state index contributed by atoms with van der Waals surface area (Å²) in [4.78, 5) is 12.7. The number of hydrogen-bond acceptors (Lipinski definition) is 4. The summed E-state index contributed by atoms with van der Waals surface area (Å²) in [6, 6.07) is 18.2. The second kappa shape index (κ2) is 6.44. The minimum absolute atomic E-state index is 0.149. The smallest absolute Gasteiger partial charge is 0.261 e. The highest BCUT2D eigenvalue weighted by Gasteiger charge is 2.22. The van der Waals surface area contributed by atoms with Gasteiger partial charge in [0, 0.05) is 5.69 Å². The van der Waals surface area contributed by atoms with Crippen LogP contribution in [0.3, 0.4) is 0 Å². The minimum Gasteiger partial charge on any atom is -0.454 e. The number of nitrogens with one attached hydrogen (secondary N) is 2. The van der Waals surface area contributed by atoms with E-state index in [2.05, 4.69) is 10.0 Å². The summed E-state index contributed by atoms with van der Waals surface area (Å²) >= 11 is 0. The normalized spacial score (nSPS) is 12.9. The van der Waals surface area contributed by atoms with Crippen LogP contribution in [0.4, 0.5) is 11.4 Å². The molecule has 3 aromatic rings. The zero-order chi connectivity index (χ0) is 19.0. The Hall–Kier alpha value is -3.32. The van der Waals surface area contributed by atoms with E-state index in [0.29, 0.717) is 17.2 Å². The minimum atomic E-state index is -3.76. The molecule has 4 rings (SSSR count). The largest absolute Gasteiger partial charge is 0.454 e. The summed E-state index contributed by atoms with van der Waals surface area (Å²) in [5.74, 6) is 0.514. The van der Waals surface area contributed by atoms with Crippen LogP contribution in [-0.4, -0.2) is 14.3 Å². The summed E-state index contributed by atoms with van der Waals surface area (Å²) in [5.41, 5.74) is 2.04. The zero-order valence-electron chi connectivity index (χ0n) is 14.4. The van der Waals surface area contributed by atoms with Gasteiger partial charge in [0.15, 0.2) is 5.75 Å². The second-order valence-electron chi connectivity index (χ2n) is 6.18. The maximum absolute atomic E-state index is 12.6. The number of aryl methyl sites for hydroxylation is 1. The van der Waals surface area contributed by atoms with Crippen molar-refractivity contribution in [2.45, 2.75) is 11.8 Å². The van der Waals surface area contributed by atoms with Crippen LogP contribution in [0.5, 0.6) is 11.5 Å². The molecule has 0 saturated heterocycles. The molecule has 0 radical (unpaired) electrons. The Labute approximate surface area is 156 Å². The van der Waals surface area contributed by atoms with E-state index in [1.54, 1.807) is 48.5 Å². The van der Waals surface area contributed by atoms with Gasteiger partial charge in [-0.15, -0.1) is 0 Å². The van der Waals surface area contributed by atoms with Gasteiger partial charge in [-0.25, -0.2) is 8.42 Å². The summed E-state index contributed by atoms with van der Waals surface area (Å²) in [6.45, 7) is 1.88. The lowest BCUT2D eigenvalue weighted by Crippen LogP contribution is -2.14. The van der Waals surface area contributed by atoms with E-state index in [-0.39, 0.29) is 22.1 Å². The highest BCUT2D eigenvalue weighted by Crippen LogP contribution is 2.36. The molecule has 0 bridgehead atoms. The Morgan fingerprint density at radius 3 is 2.44 bits per heavy atom. The lowest BCUT2D eigenvalue weighted by Gasteiger charge is -2.11. The quantitative estimate of drug-likeness (QED) is 0.715. The third-order valence-corrected chi connectivity index (χ3v) is 5.56. The van der Waals surface area contributed by atoms with Crippen LogP contribution < -0.4 is 14.8 Å². The SMILES string of the molecule is Cc1ccc(S(=O)(=O)Nc2ccc3c(c2)C(=O)Nc2ccccc2O3)cc1. The van der Waals surface area contributed by atoms with Crippen molar-refractivity contribution >= 4 is 27.3 Å². The molecular formula is C20H16N2O4S. The fourth-order valence-corrected chi connectivity index (χ4v) is 3.81. The number of amides is 1. The number of carbonyl (C=O) groups excluding carboxylic acids is 1. The second-order valence-corrected chi connectivity index (χ2v) is 7.86. The molecule has 0 saturated carbocycles. The number of hydrogen-bond donors (Lipinski definition) is 2. The van der Waals surface area contributed by atoms with Crippen molar-refractivity contribution in [3.8, 4) is 11.5 Å². The fraction of sp³-hybridized carbons (Fsp3) is 0.0500. The molecule has 0 spiro atoms. The molecule has 1 heterocycles. The van der Waals surface area contributed by atoms with Crippen LogP contribution in [0.1, 0.15) is 15.9 Å². The first kappa shape index (κ1) is 17.1. The first-order valence-electron chi connectivity index (χ1n) is 8.24. The molecular weight excluding hydrogens is 364 g/mol. The average Bonchev–Trinajstić information content (AvgIpc) is 2.78. The van der Waals surface area contributed by atoms with Gasteiger partial charge in [0.2, 0.25) is 0 Å². The molecule has 136 valence electrons. The zero-order valence-corrected chi connectivity index (χ0v) is 15.2. The Kier molecular flexibility index (Phi) is 4.08. The first-order chi connectivity index (χ1) is 12.9. The maximum Gasteiger partial charge on any atom is 0.261 e. The summed E-state index contributed by atoms with van der Waals surface area (Å²) in [7, 11) is -3.76. The predicted molar refractivity (Wildman–Crippen MR) is 103 cm³/mol. The van der Waals surface area contributed by atoms with E-state index in [0.717, 1.165) is 5.56 Å². The number of rotatable bonds is 3. The van der Waals surface area contributed by atoms with Crippen LogP contribution in [0, 0.1) is 6.92 Å². The van der Waals surface area contributed by atoms with Crippen molar-refractivity contribution in [3.63, 3.8) is 0 Å². The van der Waals surface area contributed by atoms with E-state index in [1.165, 1.54) is 18.2 Å². The van der Waals surface area contributed by atoms with Crippen molar-refractivity contribution < 1.29 is 17.9 Å². The third kappa shape index (κ3) is 3.37. The Bertz CT molecular complexity index is 1140. The van der Waals surface area contributed by atoms with Gasteiger partial charge in [0.1, 0.15) is 5.75 Å². The van der Waals surface area contributed by atoms with Crippen molar-refractivity contribution in [2.24, 2.45) is 0 Å². The van der Waals surface area contributed by atoms with Gasteiger partial charge >= 0.3 is 0 Å². The topological polar surface area (TPSA) is 84.5 Å². The van der Waals surface area contributed by atoms with Crippen LogP contribution in [-0.2, 0) is 10.0 Å². The van der Waals surface area contributed by atoms with Crippen molar-refractivity contribution in [1.29, 1.82) is 0 Å². The molecule has 3 aromatic carbocycles. The number of benzene rings is 3. The number of sulfonamides is 1. The van der Waals surface area contributed by atoms with Gasteiger partial charge in [-0.05, 0) is 49.4 Å². The van der Waals surface area contributed by atoms with E-state index < -0.39 is 10.0 Å². The van der Waals surface area contributed by atoms with Crippen LogP contribution >= 0.6 is 0 Å². The summed E-state index contributed by atoms with van der Waals surface area (Å²) in [5, 5.41) is 2.77. The van der Waals surface area contributed by atoms with E-state index in [1.807, 2.05) is 6.92 Å². The van der Waals surface area contributed by atoms with Crippen molar-refractivity contribution in [1.82, 2.24) is 0 Å². The van der Waals surface area contributed by atoms with Gasteiger partial charge in [-0.1, -0.05) is 29.8 Å². The molecule has 0 aliphatic carbocycles. The molecule has 0 atom stereocenters. The van der Waals surface area contributed by atoms with Gasteiger partial charge in [-0.2, -0.15) is 0 Å².